The van der Waals surface area contributed by atoms with Crippen LogP contribution in [0.15, 0.2) is 36.7 Å². The van der Waals surface area contributed by atoms with E-state index in [9.17, 15) is 5.11 Å². The summed E-state index contributed by atoms with van der Waals surface area (Å²) in [6.45, 7) is 9.38. The van der Waals surface area contributed by atoms with Crippen LogP contribution in [-0.4, -0.2) is 34.5 Å². The average molecular weight is 316 g/mol. The van der Waals surface area contributed by atoms with Gasteiger partial charge in [0, 0.05) is 50.7 Å². The van der Waals surface area contributed by atoms with E-state index in [1.165, 1.54) is 11.3 Å². The fourth-order valence-electron chi connectivity index (χ4n) is 2.67. The molecule has 0 saturated heterocycles. The van der Waals surface area contributed by atoms with Gasteiger partial charge in [-0.1, -0.05) is 12.1 Å². The maximum absolute atomic E-state index is 10.5. The van der Waals surface area contributed by atoms with Crippen molar-refractivity contribution in [2.45, 2.75) is 32.9 Å². The first kappa shape index (κ1) is 17.5. The molecule has 5 heteroatoms. The van der Waals surface area contributed by atoms with E-state index in [2.05, 4.69) is 53.4 Å². The van der Waals surface area contributed by atoms with Crippen molar-refractivity contribution < 1.29 is 5.11 Å². The molecule has 0 aliphatic rings. The number of anilines is 1. The fourth-order valence-corrected chi connectivity index (χ4v) is 2.67. The molecular formula is C18H28N4O. The quantitative estimate of drug-likeness (QED) is 0.784. The molecule has 126 valence electrons. The summed E-state index contributed by atoms with van der Waals surface area (Å²) in [5.74, 6) is 0. The van der Waals surface area contributed by atoms with Crippen LogP contribution in [0.5, 0.6) is 0 Å². The van der Waals surface area contributed by atoms with Crippen molar-refractivity contribution in [3.63, 3.8) is 0 Å². The van der Waals surface area contributed by atoms with Crippen molar-refractivity contribution in [2.24, 2.45) is 7.05 Å². The van der Waals surface area contributed by atoms with E-state index in [0.29, 0.717) is 6.54 Å². The monoisotopic (exact) mass is 316 g/mol. The van der Waals surface area contributed by atoms with Crippen LogP contribution in [0.4, 0.5) is 5.69 Å². The summed E-state index contributed by atoms with van der Waals surface area (Å²) < 4.78 is 1.70. The van der Waals surface area contributed by atoms with E-state index in [0.717, 1.165) is 25.2 Å². The average Bonchev–Trinajstić information content (AvgIpc) is 2.97. The normalized spacial score (nSPS) is 13.8. The van der Waals surface area contributed by atoms with Crippen LogP contribution in [0, 0.1) is 0 Å². The summed E-state index contributed by atoms with van der Waals surface area (Å²) in [4.78, 5) is 2.32. The number of nitrogens with one attached hydrogen (secondary N) is 1. The van der Waals surface area contributed by atoms with Crippen LogP contribution in [0.3, 0.4) is 0 Å². The summed E-state index contributed by atoms with van der Waals surface area (Å²) in [6, 6.07) is 8.59. The zero-order chi connectivity index (χ0) is 16.9. The van der Waals surface area contributed by atoms with Crippen molar-refractivity contribution in [3.8, 4) is 0 Å². The standard InChI is InChI=1S/C18H28N4O/c1-5-22(6-2)17-9-7-15(8-10-17)11-19-14-18(3,23)16-12-20-21(4)13-16/h7-10,12-13,19,23H,5-6,11,14H2,1-4H3. The number of aromatic nitrogens is 2. The van der Waals surface area contributed by atoms with Crippen molar-refractivity contribution in [2.75, 3.05) is 24.5 Å². The van der Waals surface area contributed by atoms with E-state index in [-0.39, 0.29) is 0 Å². The Morgan fingerprint density at radius 3 is 2.39 bits per heavy atom. The van der Waals surface area contributed by atoms with E-state index in [1.54, 1.807) is 17.8 Å². The van der Waals surface area contributed by atoms with Gasteiger partial charge in [0.25, 0.3) is 0 Å². The molecule has 2 rings (SSSR count). The first-order chi connectivity index (χ1) is 11.0. The molecule has 1 aromatic heterocycles. The number of aryl methyl sites for hydroxylation is 1. The van der Waals surface area contributed by atoms with Crippen molar-refractivity contribution in [1.29, 1.82) is 0 Å². The van der Waals surface area contributed by atoms with Crippen molar-refractivity contribution >= 4 is 5.69 Å². The van der Waals surface area contributed by atoms with Gasteiger partial charge in [0.1, 0.15) is 5.60 Å². The Hall–Kier alpha value is -1.85. The Morgan fingerprint density at radius 2 is 1.87 bits per heavy atom. The third-order valence-corrected chi connectivity index (χ3v) is 4.19. The summed E-state index contributed by atoms with van der Waals surface area (Å²) in [7, 11) is 1.85. The molecule has 0 saturated carbocycles. The lowest BCUT2D eigenvalue weighted by molar-refractivity contribution is 0.0566. The fraction of sp³-hybridized carbons (Fsp3) is 0.500. The Morgan fingerprint density at radius 1 is 1.22 bits per heavy atom. The zero-order valence-corrected chi connectivity index (χ0v) is 14.6. The Bertz CT molecular complexity index is 600. The number of hydrogen-bond acceptors (Lipinski definition) is 4. The molecular weight excluding hydrogens is 288 g/mol. The van der Waals surface area contributed by atoms with E-state index in [1.807, 2.05) is 13.2 Å². The van der Waals surface area contributed by atoms with Gasteiger partial charge >= 0.3 is 0 Å². The molecule has 0 fully saturated rings. The molecule has 1 aromatic carbocycles. The van der Waals surface area contributed by atoms with Crippen molar-refractivity contribution in [1.82, 2.24) is 15.1 Å². The molecule has 0 bridgehead atoms. The van der Waals surface area contributed by atoms with Crippen LogP contribution < -0.4 is 10.2 Å². The highest BCUT2D eigenvalue weighted by atomic mass is 16.3. The van der Waals surface area contributed by atoms with Crippen LogP contribution in [0.1, 0.15) is 31.9 Å². The second kappa shape index (κ2) is 7.62. The highest BCUT2D eigenvalue weighted by molar-refractivity contribution is 5.47. The van der Waals surface area contributed by atoms with Gasteiger partial charge in [-0.2, -0.15) is 5.10 Å². The van der Waals surface area contributed by atoms with Crippen LogP contribution >= 0.6 is 0 Å². The van der Waals surface area contributed by atoms with E-state index < -0.39 is 5.60 Å². The van der Waals surface area contributed by atoms with E-state index >= 15 is 0 Å². The van der Waals surface area contributed by atoms with E-state index in [4.69, 9.17) is 0 Å². The maximum atomic E-state index is 10.5. The van der Waals surface area contributed by atoms with Gasteiger partial charge in [-0.25, -0.2) is 0 Å². The largest absolute Gasteiger partial charge is 0.384 e. The SMILES string of the molecule is CCN(CC)c1ccc(CNCC(C)(O)c2cnn(C)c2)cc1. The number of benzene rings is 1. The topological polar surface area (TPSA) is 53.3 Å². The summed E-state index contributed by atoms with van der Waals surface area (Å²) in [5, 5.41) is 18.0. The number of rotatable bonds is 8. The smallest absolute Gasteiger partial charge is 0.102 e. The number of aliphatic hydroxyl groups is 1. The minimum Gasteiger partial charge on any atom is -0.384 e. The number of hydrogen-bond donors (Lipinski definition) is 2. The minimum atomic E-state index is -0.921. The predicted molar refractivity (Wildman–Crippen MR) is 94.5 cm³/mol. The summed E-state index contributed by atoms with van der Waals surface area (Å²) in [6.07, 6.45) is 3.56. The Labute approximate surface area is 138 Å². The highest BCUT2D eigenvalue weighted by Gasteiger charge is 2.24. The van der Waals surface area contributed by atoms with Crippen LogP contribution in [-0.2, 0) is 19.2 Å². The van der Waals surface area contributed by atoms with Gasteiger partial charge in [-0.3, -0.25) is 4.68 Å². The molecule has 1 heterocycles. The van der Waals surface area contributed by atoms with Crippen LogP contribution in [0.2, 0.25) is 0 Å². The second-order valence-electron chi connectivity index (χ2n) is 6.12. The first-order valence-electron chi connectivity index (χ1n) is 8.22. The van der Waals surface area contributed by atoms with Gasteiger partial charge in [-0.15, -0.1) is 0 Å². The third kappa shape index (κ3) is 4.56. The predicted octanol–water partition coefficient (Wildman–Crippen LogP) is 2.26. The molecule has 1 unspecified atom stereocenters. The van der Waals surface area contributed by atoms with Gasteiger partial charge in [0.05, 0.1) is 6.20 Å². The van der Waals surface area contributed by atoms with Gasteiger partial charge in [-0.05, 0) is 38.5 Å². The molecule has 2 N–H and O–H groups in total. The lowest BCUT2D eigenvalue weighted by atomic mass is 9.99. The molecule has 23 heavy (non-hydrogen) atoms. The third-order valence-electron chi connectivity index (χ3n) is 4.19. The maximum Gasteiger partial charge on any atom is 0.102 e. The summed E-state index contributed by atoms with van der Waals surface area (Å²) in [5.41, 5.74) is 2.36. The molecule has 0 amide bonds. The number of nitrogens with zero attached hydrogens (tertiary/aromatic N) is 3. The first-order valence-corrected chi connectivity index (χ1v) is 8.22. The van der Waals surface area contributed by atoms with Crippen LogP contribution in [0.25, 0.3) is 0 Å². The zero-order valence-electron chi connectivity index (χ0n) is 14.6. The molecule has 5 nitrogen and oxygen atoms in total. The lowest BCUT2D eigenvalue weighted by Crippen LogP contribution is -2.34. The lowest BCUT2D eigenvalue weighted by Gasteiger charge is -2.23. The van der Waals surface area contributed by atoms with Crippen molar-refractivity contribution in [3.05, 3.63) is 47.8 Å². The summed E-state index contributed by atoms with van der Waals surface area (Å²) >= 11 is 0. The Kier molecular flexibility index (Phi) is 5.80. The molecule has 0 spiro atoms. The van der Waals surface area contributed by atoms with Gasteiger partial charge in [0.15, 0.2) is 0 Å². The van der Waals surface area contributed by atoms with Gasteiger partial charge < -0.3 is 15.3 Å². The Balaban J connectivity index is 1.88. The second-order valence-corrected chi connectivity index (χ2v) is 6.12. The van der Waals surface area contributed by atoms with Gasteiger partial charge in [0.2, 0.25) is 0 Å². The minimum absolute atomic E-state index is 0.483. The molecule has 0 radical (unpaired) electrons. The molecule has 2 aromatic rings. The molecule has 0 aliphatic carbocycles. The highest BCUT2D eigenvalue weighted by Crippen LogP contribution is 2.19. The molecule has 0 aliphatic heterocycles. The molecule has 1 atom stereocenters.